The van der Waals surface area contributed by atoms with Crippen molar-refractivity contribution in [1.82, 2.24) is 15.4 Å². The maximum Gasteiger partial charge on any atom is 0.251 e. The van der Waals surface area contributed by atoms with Gasteiger partial charge in [-0.05, 0) is 42.8 Å². The Labute approximate surface area is 122 Å². The van der Waals surface area contributed by atoms with Gasteiger partial charge in [0, 0.05) is 36.6 Å². The molecule has 6 nitrogen and oxygen atoms in total. The summed E-state index contributed by atoms with van der Waals surface area (Å²) in [4.78, 5) is 22.7. The van der Waals surface area contributed by atoms with E-state index in [4.69, 9.17) is 5.21 Å². The minimum absolute atomic E-state index is 0.170. The predicted molar refractivity (Wildman–Crippen MR) is 77.3 cm³/mol. The number of benzene rings is 1. The topological polar surface area (TPSA) is 83.4 Å². The molecule has 1 heterocycles. The van der Waals surface area contributed by atoms with E-state index in [1.807, 2.05) is 41.2 Å². The van der Waals surface area contributed by atoms with Crippen molar-refractivity contribution in [3.63, 3.8) is 0 Å². The van der Waals surface area contributed by atoms with E-state index in [0.29, 0.717) is 18.5 Å². The van der Waals surface area contributed by atoms with E-state index in [2.05, 4.69) is 5.32 Å². The van der Waals surface area contributed by atoms with Crippen molar-refractivity contribution in [2.45, 2.75) is 12.8 Å². The summed E-state index contributed by atoms with van der Waals surface area (Å²) < 4.78 is 1.95. The zero-order chi connectivity index (χ0) is 15.1. The molecule has 0 saturated heterocycles. The highest BCUT2D eigenvalue weighted by molar-refractivity contribution is 5.94. The van der Waals surface area contributed by atoms with E-state index in [9.17, 15) is 9.59 Å². The molecular weight excluding hydrogens is 270 g/mol. The molecule has 2 amide bonds. The Morgan fingerprint density at radius 1 is 1.10 bits per heavy atom. The fourth-order valence-corrected chi connectivity index (χ4v) is 1.90. The van der Waals surface area contributed by atoms with Gasteiger partial charge in [0.05, 0.1) is 0 Å². The van der Waals surface area contributed by atoms with Crippen LogP contribution >= 0.6 is 0 Å². The van der Waals surface area contributed by atoms with E-state index in [-0.39, 0.29) is 12.3 Å². The lowest BCUT2D eigenvalue weighted by molar-refractivity contribution is -0.129. The summed E-state index contributed by atoms with van der Waals surface area (Å²) in [5.74, 6) is -0.640. The Kier molecular flexibility index (Phi) is 5.11. The number of hydrogen-bond donors (Lipinski definition) is 3. The maximum atomic E-state index is 11.9. The van der Waals surface area contributed by atoms with Gasteiger partial charge in [-0.1, -0.05) is 0 Å². The third kappa shape index (κ3) is 4.19. The normalized spacial score (nSPS) is 10.1. The van der Waals surface area contributed by atoms with Gasteiger partial charge in [0.1, 0.15) is 0 Å². The predicted octanol–water partition coefficient (Wildman–Crippen LogP) is 1.49. The lowest BCUT2D eigenvalue weighted by Crippen LogP contribution is -2.26. The first-order valence-corrected chi connectivity index (χ1v) is 6.65. The van der Waals surface area contributed by atoms with Crippen molar-refractivity contribution < 1.29 is 14.8 Å². The number of nitrogens with zero attached hydrogens (tertiary/aromatic N) is 1. The standard InChI is InChI=1S/C15H17N3O3/c19-14(17-21)4-3-9-16-15(20)12-5-7-13(8-6-12)18-10-1-2-11-18/h1-2,5-8,10-11,21H,3-4,9H2,(H,16,20)(H,17,19). The first-order chi connectivity index (χ1) is 10.2. The molecule has 2 aromatic rings. The van der Waals surface area contributed by atoms with E-state index < -0.39 is 5.91 Å². The van der Waals surface area contributed by atoms with E-state index in [1.54, 1.807) is 17.6 Å². The van der Waals surface area contributed by atoms with Gasteiger partial charge in [0.2, 0.25) is 5.91 Å². The number of carbonyl (C=O) groups excluding carboxylic acids is 2. The number of amides is 2. The minimum Gasteiger partial charge on any atom is -0.352 e. The number of carbonyl (C=O) groups is 2. The Morgan fingerprint density at radius 2 is 1.76 bits per heavy atom. The van der Waals surface area contributed by atoms with Crippen LogP contribution in [0.15, 0.2) is 48.8 Å². The fraction of sp³-hybridized carbons (Fsp3) is 0.200. The SMILES string of the molecule is O=C(CCCNC(=O)c1ccc(-n2cccc2)cc1)NO. The van der Waals surface area contributed by atoms with Crippen LogP contribution in [0.5, 0.6) is 0 Å². The summed E-state index contributed by atoms with van der Waals surface area (Å²) in [6.07, 6.45) is 4.51. The van der Waals surface area contributed by atoms with Crippen LogP contribution in [0.1, 0.15) is 23.2 Å². The molecule has 6 heteroatoms. The van der Waals surface area contributed by atoms with Gasteiger partial charge in [-0.15, -0.1) is 0 Å². The second-order valence-electron chi connectivity index (χ2n) is 4.53. The summed E-state index contributed by atoms with van der Waals surface area (Å²) >= 11 is 0. The molecular formula is C15H17N3O3. The monoisotopic (exact) mass is 287 g/mol. The van der Waals surface area contributed by atoms with Crippen LogP contribution in [-0.4, -0.2) is 28.1 Å². The van der Waals surface area contributed by atoms with Crippen molar-refractivity contribution in [2.75, 3.05) is 6.54 Å². The van der Waals surface area contributed by atoms with Crippen LogP contribution in [0, 0.1) is 0 Å². The molecule has 1 aromatic heterocycles. The second-order valence-corrected chi connectivity index (χ2v) is 4.53. The quantitative estimate of drug-likeness (QED) is 0.427. The Morgan fingerprint density at radius 3 is 2.38 bits per heavy atom. The molecule has 0 atom stereocenters. The summed E-state index contributed by atoms with van der Waals surface area (Å²) in [5, 5.41) is 11.1. The van der Waals surface area contributed by atoms with Crippen LogP contribution in [-0.2, 0) is 4.79 Å². The van der Waals surface area contributed by atoms with Crippen LogP contribution in [0.25, 0.3) is 5.69 Å². The van der Waals surface area contributed by atoms with Crippen LogP contribution < -0.4 is 10.8 Å². The molecule has 0 aliphatic heterocycles. The van der Waals surface area contributed by atoms with Gasteiger partial charge in [0.25, 0.3) is 5.91 Å². The highest BCUT2D eigenvalue weighted by Crippen LogP contribution is 2.10. The van der Waals surface area contributed by atoms with Crippen molar-refractivity contribution in [3.05, 3.63) is 54.4 Å². The van der Waals surface area contributed by atoms with Crippen molar-refractivity contribution >= 4 is 11.8 Å². The Bertz CT molecular complexity index is 591. The van der Waals surface area contributed by atoms with Crippen molar-refractivity contribution in [3.8, 4) is 5.69 Å². The molecule has 0 aliphatic carbocycles. The number of hydroxylamine groups is 1. The lowest BCUT2D eigenvalue weighted by atomic mass is 10.2. The molecule has 21 heavy (non-hydrogen) atoms. The molecule has 3 N–H and O–H groups in total. The maximum absolute atomic E-state index is 11.9. The molecule has 0 bridgehead atoms. The average Bonchev–Trinajstić information content (AvgIpc) is 3.05. The van der Waals surface area contributed by atoms with Gasteiger partial charge in [0.15, 0.2) is 0 Å². The highest BCUT2D eigenvalue weighted by Gasteiger charge is 2.06. The van der Waals surface area contributed by atoms with Crippen LogP contribution in [0.3, 0.4) is 0 Å². The largest absolute Gasteiger partial charge is 0.352 e. The molecule has 0 fully saturated rings. The third-order valence-corrected chi connectivity index (χ3v) is 3.02. The van der Waals surface area contributed by atoms with Crippen LogP contribution in [0.2, 0.25) is 0 Å². The van der Waals surface area contributed by atoms with Crippen molar-refractivity contribution in [1.29, 1.82) is 0 Å². The molecule has 110 valence electrons. The van der Waals surface area contributed by atoms with Gasteiger partial charge >= 0.3 is 0 Å². The molecule has 2 rings (SSSR count). The minimum atomic E-state index is -0.458. The molecule has 0 radical (unpaired) electrons. The van der Waals surface area contributed by atoms with Gasteiger partial charge in [-0.2, -0.15) is 0 Å². The lowest BCUT2D eigenvalue weighted by Gasteiger charge is -2.07. The van der Waals surface area contributed by atoms with Gasteiger partial charge < -0.3 is 9.88 Å². The zero-order valence-electron chi connectivity index (χ0n) is 11.5. The molecule has 1 aromatic carbocycles. The van der Waals surface area contributed by atoms with Gasteiger partial charge in [-0.25, -0.2) is 5.48 Å². The highest BCUT2D eigenvalue weighted by atomic mass is 16.5. The third-order valence-electron chi connectivity index (χ3n) is 3.02. The van der Waals surface area contributed by atoms with Gasteiger partial charge in [-0.3, -0.25) is 14.8 Å². The number of rotatable bonds is 6. The Hall–Kier alpha value is -2.60. The zero-order valence-corrected chi connectivity index (χ0v) is 11.5. The number of nitrogens with one attached hydrogen (secondary N) is 2. The fourth-order valence-electron chi connectivity index (χ4n) is 1.90. The molecule has 0 unspecified atom stereocenters. The number of hydrogen-bond acceptors (Lipinski definition) is 3. The van der Waals surface area contributed by atoms with E-state index >= 15 is 0 Å². The summed E-state index contributed by atoms with van der Waals surface area (Å²) in [6.45, 7) is 0.381. The second kappa shape index (κ2) is 7.25. The average molecular weight is 287 g/mol. The van der Waals surface area contributed by atoms with E-state index in [1.165, 1.54) is 0 Å². The molecule has 0 saturated carbocycles. The summed E-state index contributed by atoms with van der Waals surface area (Å²) in [5.41, 5.74) is 3.10. The van der Waals surface area contributed by atoms with Crippen molar-refractivity contribution in [2.24, 2.45) is 0 Å². The Balaban J connectivity index is 1.84. The summed E-state index contributed by atoms with van der Waals surface area (Å²) in [7, 11) is 0. The number of aromatic nitrogens is 1. The smallest absolute Gasteiger partial charge is 0.251 e. The summed E-state index contributed by atoms with van der Waals surface area (Å²) in [6, 6.07) is 11.1. The first-order valence-electron chi connectivity index (χ1n) is 6.65. The van der Waals surface area contributed by atoms with E-state index in [0.717, 1.165) is 5.69 Å². The molecule has 0 spiro atoms. The van der Waals surface area contributed by atoms with Crippen LogP contribution in [0.4, 0.5) is 0 Å². The first kappa shape index (κ1) is 14.8. The molecule has 0 aliphatic rings.